The third-order valence-electron chi connectivity index (χ3n) is 1.47. The van der Waals surface area contributed by atoms with Crippen LogP contribution in [0.1, 0.15) is 0 Å². The highest BCUT2D eigenvalue weighted by Gasteiger charge is 1.94. The van der Waals surface area contributed by atoms with Gasteiger partial charge in [-0.2, -0.15) is 23.3 Å². The van der Waals surface area contributed by atoms with E-state index in [1.807, 2.05) is 14.1 Å². The van der Waals surface area contributed by atoms with Crippen LogP contribution in [0, 0.1) is 36.1 Å². The Balaban J connectivity index is 5.15. The number of rotatable bonds is 0. The predicted molar refractivity (Wildman–Crippen MR) is 80.5 cm³/mol. The molecule has 0 radical (unpaired) electrons. The zero-order valence-electron chi connectivity index (χ0n) is 11.9. The minimum Gasteiger partial charge on any atom is -0.288 e. The largest absolute Gasteiger partial charge is 0.288 e. The summed E-state index contributed by atoms with van der Waals surface area (Å²) in [6.45, 7) is 6.64. The quantitative estimate of drug-likeness (QED) is 0.273. The summed E-state index contributed by atoms with van der Waals surface area (Å²) >= 11 is 0. The van der Waals surface area contributed by atoms with E-state index in [-0.39, 0.29) is 4.48 Å². The van der Waals surface area contributed by atoms with Crippen LogP contribution in [0.5, 0.6) is 0 Å². The molecule has 0 aromatic rings. The van der Waals surface area contributed by atoms with Crippen LogP contribution in [0.25, 0.3) is 0 Å². The molecule has 0 N–H and O–H groups in total. The molecule has 0 atom stereocenters. The van der Waals surface area contributed by atoms with E-state index in [0.717, 1.165) is 0 Å². The Morgan fingerprint density at radius 1 is 0.667 bits per heavy atom. The molecule has 0 aliphatic carbocycles. The fourth-order valence-corrected chi connectivity index (χ4v) is 0.702. The molecule has 0 heterocycles. The molecule has 0 saturated carbocycles. The molecule has 0 spiro atoms. The first kappa shape index (κ1) is 17.4. The summed E-state index contributed by atoms with van der Waals surface area (Å²) in [6.07, 6.45) is 5.18. The van der Waals surface area contributed by atoms with Crippen molar-refractivity contribution in [2.24, 2.45) is 0 Å². The van der Waals surface area contributed by atoms with Crippen LogP contribution in [-0.2, 0) is 0 Å². The van der Waals surface area contributed by atoms with Gasteiger partial charge in [-0.3, -0.25) is 4.48 Å². The van der Waals surface area contributed by atoms with Gasteiger partial charge in [0.1, 0.15) is 0 Å². The van der Waals surface area contributed by atoms with Gasteiger partial charge < -0.3 is 0 Å². The summed E-state index contributed by atoms with van der Waals surface area (Å²) in [5, 5.41) is 0. The van der Waals surface area contributed by atoms with Crippen molar-refractivity contribution in [2.75, 3.05) is 14.1 Å². The predicted octanol–water partition coefficient (Wildman–Crippen LogP) is 2.51. The van der Waals surface area contributed by atoms with E-state index in [1.165, 1.54) is 0 Å². The van der Waals surface area contributed by atoms with Gasteiger partial charge in [0, 0.05) is 0 Å². The Kier molecular flexibility index (Phi) is 9.47. The van der Waals surface area contributed by atoms with Crippen molar-refractivity contribution >= 4 is 0 Å². The lowest BCUT2D eigenvalue weighted by molar-refractivity contribution is -0.749. The number of nitrogens with zero attached hydrogens (tertiary/aromatic N) is 1. The second-order valence-corrected chi connectivity index (χ2v) is 3.53. The summed E-state index contributed by atoms with van der Waals surface area (Å²) in [7, 11) is 3.62. The highest BCUT2D eigenvalue weighted by atomic mass is 15.3. The molecule has 0 aromatic heterocycles. The van der Waals surface area contributed by atoms with E-state index < -0.39 is 0 Å². The second-order valence-electron chi connectivity index (χ2n) is 3.53. The van der Waals surface area contributed by atoms with Gasteiger partial charge in [-0.1, -0.05) is 35.1 Å². The van der Waals surface area contributed by atoms with E-state index in [0.29, 0.717) is 0 Å². The molecule has 96 valence electrons. The van der Waals surface area contributed by atoms with Gasteiger partial charge in [0.25, 0.3) is 0 Å². The molecule has 1 nitrogen and oxygen atoms in total. The van der Waals surface area contributed by atoms with Gasteiger partial charge in [-0.25, -0.2) is 11.5 Å². The third kappa shape index (κ3) is 12.6. The number of quaternary nitrogens is 1. The highest BCUT2D eigenvalue weighted by molar-refractivity contribution is 5.09. The van der Waals surface area contributed by atoms with Crippen molar-refractivity contribution < 1.29 is 4.48 Å². The zero-order valence-corrected chi connectivity index (χ0v) is 11.9. The van der Waals surface area contributed by atoms with Crippen LogP contribution in [0.15, 0.2) is 70.5 Å². The van der Waals surface area contributed by atoms with Crippen LogP contribution < -0.4 is 0 Å². The van der Waals surface area contributed by atoms with Gasteiger partial charge in [0.05, 0.1) is 14.1 Å². The lowest BCUT2D eigenvalue weighted by Crippen LogP contribution is -2.27. The lowest BCUT2D eigenvalue weighted by Gasteiger charge is -2.19. The van der Waals surface area contributed by atoms with Gasteiger partial charge in [-0.15, -0.1) is 0 Å². The first-order chi connectivity index (χ1) is 10.1. The first-order valence-electron chi connectivity index (χ1n) is 5.55. The summed E-state index contributed by atoms with van der Waals surface area (Å²) < 4.78 is 0.140. The SMILES string of the molecule is C=C=C=C=C=C=[C-]C#C[N+](C)(C)C#C[C-]=C=C=C=C=C=C. The van der Waals surface area contributed by atoms with Crippen molar-refractivity contribution in [3.63, 3.8) is 0 Å². The molecular weight excluding hydrogens is 254 g/mol. The topological polar surface area (TPSA) is 0 Å². The van der Waals surface area contributed by atoms with Crippen molar-refractivity contribution in [1.82, 2.24) is 0 Å². The van der Waals surface area contributed by atoms with Gasteiger partial charge in [0.2, 0.25) is 0 Å². The van der Waals surface area contributed by atoms with E-state index in [2.05, 4.69) is 107 Å². The maximum atomic E-state index is 3.32. The van der Waals surface area contributed by atoms with E-state index in [4.69, 9.17) is 0 Å². The minimum atomic E-state index is 0.140. The maximum absolute atomic E-state index is 3.32. The molecule has 0 bridgehead atoms. The normalized spacial score (nSPS) is 6.19. The Hall–Kier alpha value is -3.64. The Labute approximate surface area is 125 Å². The van der Waals surface area contributed by atoms with Crippen LogP contribution in [0.3, 0.4) is 0 Å². The fourth-order valence-electron chi connectivity index (χ4n) is 0.702. The molecule has 0 saturated heterocycles. The molecule has 0 rings (SSSR count). The van der Waals surface area contributed by atoms with Crippen LogP contribution >= 0.6 is 0 Å². The summed E-state index contributed by atoms with van der Waals surface area (Å²) in [6, 6.07) is 5.70. The van der Waals surface area contributed by atoms with Gasteiger partial charge in [-0.05, 0) is 36.7 Å². The van der Waals surface area contributed by atoms with Crippen LogP contribution in [0.4, 0.5) is 0 Å². The summed E-state index contributed by atoms with van der Waals surface area (Å²) in [4.78, 5) is 0. The summed E-state index contributed by atoms with van der Waals surface area (Å²) in [5.74, 6) is 5.32. The van der Waals surface area contributed by atoms with Gasteiger partial charge in [0.15, 0.2) is 0 Å². The molecule has 0 unspecified atom stereocenters. The third-order valence-corrected chi connectivity index (χ3v) is 1.47. The molecule has 1 heteroatoms. The average molecular weight is 264 g/mol. The minimum absolute atomic E-state index is 0.140. The van der Waals surface area contributed by atoms with Gasteiger partial charge >= 0.3 is 0 Å². The second kappa shape index (κ2) is 11.5. The van der Waals surface area contributed by atoms with E-state index in [9.17, 15) is 0 Å². The molecular formula is C20H10N-. The van der Waals surface area contributed by atoms with E-state index >= 15 is 0 Å². The van der Waals surface area contributed by atoms with Crippen molar-refractivity contribution in [1.29, 1.82) is 0 Å². The van der Waals surface area contributed by atoms with Crippen molar-refractivity contribution in [3.8, 4) is 23.9 Å². The maximum Gasteiger partial charge on any atom is 0.0721 e. The summed E-state index contributed by atoms with van der Waals surface area (Å²) in [5.41, 5.74) is 24.9. The number of hydrogen-bond donors (Lipinski definition) is 0. The van der Waals surface area contributed by atoms with Crippen molar-refractivity contribution in [3.05, 3.63) is 82.6 Å². The standard InChI is InChI=1S/C20H10N/c1-5-7-9-11-13-15-17-19-21(3,4)20-18-16-14-12-10-8-6-2/h1-2H2,3-4H3/q-1. The average Bonchev–Trinajstić information content (AvgIpc) is 2.45. The Morgan fingerprint density at radius 3 is 1.48 bits per heavy atom. The molecule has 0 amide bonds. The first-order valence-corrected chi connectivity index (χ1v) is 5.55. The van der Waals surface area contributed by atoms with E-state index in [1.54, 1.807) is 0 Å². The highest BCUT2D eigenvalue weighted by Crippen LogP contribution is 1.88. The Bertz CT molecular complexity index is 823. The van der Waals surface area contributed by atoms with Crippen LogP contribution in [0.2, 0.25) is 0 Å². The molecule has 0 fully saturated rings. The fraction of sp³-hybridized carbons (Fsp3) is 0.100. The smallest absolute Gasteiger partial charge is 0.0721 e. The molecule has 0 aliphatic heterocycles. The van der Waals surface area contributed by atoms with Crippen molar-refractivity contribution in [2.45, 2.75) is 0 Å². The lowest BCUT2D eigenvalue weighted by atomic mass is 10.5. The molecule has 0 aliphatic rings. The monoisotopic (exact) mass is 264 g/mol. The Morgan fingerprint density at radius 2 is 1.10 bits per heavy atom. The number of hydrogen-bond acceptors (Lipinski definition) is 0. The molecule has 0 aromatic carbocycles. The zero-order chi connectivity index (χ0) is 15.8. The molecule has 21 heavy (non-hydrogen) atoms. The number of allylic oxidation sites excluding steroid dienone is 2. The van der Waals surface area contributed by atoms with Crippen LogP contribution in [-0.4, -0.2) is 18.6 Å².